The van der Waals surface area contributed by atoms with E-state index in [-0.39, 0.29) is 17.9 Å². The summed E-state index contributed by atoms with van der Waals surface area (Å²) in [5, 5.41) is 8.19. The van der Waals surface area contributed by atoms with Gasteiger partial charge in [-0.3, -0.25) is 4.79 Å². The van der Waals surface area contributed by atoms with Crippen LogP contribution in [0.25, 0.3) is 22.1 Å². The number of rotatable bonds is 5. The van der Waals surface area contributed by atoms with Gasteiger partial charge < -0.3 is 9.73 Å². The Balaban J connectivity index is 1.74. The zero-order valence-electron chi connectivity index (χ0n) is 17.4. The molecule has 0 atom stereocenters. The lowest BCUT2D eigenvalue weighted by Gasteiger charge is -2.12. The van der Waals surface area contributed by atoms with Gasteiger partial charge in [-0.15, -0.1) is 0 Å². The molecule has 0 spiro atoms. The van der Waals surface area contributed by atoms with Crippen molar-refractivity contribution in [1.29, 1.82) is 0 Å². The van der Waals surface area contributed by atoms with Crippen molar-refractivity contribution >= 4 is 33.7 Å². The standard InChI is InChI=1S/C22H25N5O2/c1-6-20-25-18-9-14(7-8-19(18)29-20)24-22(28)15-10-17(12(2)3)26-21-16(15)11-23-27(21)13(4)5/h7-13H,6H2,1-5H3,(H,24,28). The van der Waals surface area contributed by atoms with Crippen molar-refractivity contribution in [3.8, 4) is 0 Å². The highest BCUT2D eigenvalue weighted by atomic mass is 16.3. The fraction of sp³-hybridized carbons (Fsp3) is 0.364. The Labute approximate surface area is 169 Å². The summed E-state index contributed by atoms with van der Waals surface area (Å²) in [5.74, 6) is 0.684. The van der Waals surface area contributed by atoms with E-state index in [0.29, 0.717) is 22.7 Å². The summed E-state index contributed by atoms with van der Waals surface area (Å²) in [6.45, 7) is 10.2. The molecule has 0 bridgehead atoms. The maximum atomic E-state index is 13.2. The Hall–Kier alpha value is -3.22. The third kappa shape index (κ3) is 3.48. The third-order valence-corrected chi connectivity index (χ3v) is 4.90. The minimum absolute atomic E-state index is 0.153. The molecule has 1 aromatic carbocycles. The summed E-state index contributed by atoms with van der Waals surface area (Å²) in [6.07, 6.45) is 2.44. The number of carbonyl (C=O) groups is 1. The first-order valence-electron chi connectivity index (χ1n) is 9.96. The predicted molar refractivity (Wildman–Crippen MR) is 113 cm³/mol. The highest BCUT2D eigenvalue weighted by Gasteiger charge is 2.19. The Morgan fingerprint density at radius 3 is 2.66 bits per heavy atom. The smallest absolute Gasteiger partial charge is 0.256 e. The van der Waals surface area contributed by atoms with Gasteiger partial charge in [0.15, 0.2) is 17.1 Å². The molecule has 0 unspecified atom stereocenters. The number of nitrogens with zero attached hydrogens (tertiary/aromatic N) is 4. The number of benzene rings is 1. The summed E-state index contributed by atoms with van der Waals surface area (Å²) in [6, 6.07) is 7.49. The molecule has 1 amide bonds. The van der Waals surface area contributed by atoms with Crippen LogP contribution in [0.1, 0.15) is 68.5 Å². The van der Waals surface area contributed by atoms with Crippen LogP contribution in [0.3, 0.4) is 0 Å². The van der Waals surface area contributed by atoms with Gasteiger partial charge in [0.25, 0.3) is 5.91 Å². The largest absolute Gasteiger partial charge is 0.441 e. The number of aromatic nitrogens is 4. The van der Waals surface area contributed by atoms with Crippen LogP contribution in [0, 0.1) is 0 Å². The van der Waals surface area contributed by atoms with E-state index < -0.39 is 0 Å². The van der Waals surface area contributed by atoms with Gasteiger partial charge in [0.05, 0.1) is 17.1 Å². The molecule has 3 aromatic heterocycles. The van der Waals surface area contributed by atoms with Crippen LogP contribution in [-0.2, 0) is 6.42 Å². The van der Waals surface area contributed by atoms with Crippen LogP contribution in [0.4, 0.5) is 5.69 Å². The van der Waals surface area contributed by atoms with Gasteiger partial charge in [0.1, 0.15) is 5.52 Å². The molecule has 0 aliphatic carbocycles. The molecular formula is C22H25N5O2. The number of anilines is 1. The van der Waals surface area contributed by atoms with Gasteiger partial charge in [-0.1, -0.05) is 20.8 Å². The lowest BCUT2D eigenvalue weighted by atomic mass is 10.0. The second kappa shape index (κ2) is 7.31. The van der Waals surface area contributed by atoms with Gasteiger partial charge >= 0.3 is 0 Å². The lowest BCUT2D eigenvalue weighted by Crippen LogP contribution is -2.14. The second-order valence-corrected chi connectivity index (χ2v) is 7.77. The number of oxazole rings is 1. The molecule has 0 saturated heterocycles. The number of amides is 1. The average Bonchev–Trinajstić information content (AvgIpc) is 3.30. The molecule has 4 aromatic rings. The van der Waals surface area contributed by atoms with Crippen LogP contribution >= 0.6 is 0 Å². The highest BCUT2D eigenvalue weighted by Crippen LogP contribution is 2.26. The molecule has 150 valence electrons. The van der Waals surface area contributed by atoms with Crippen LogP contribution in [0.5, 0.6) is 0 Å². The van der Waals surface area contributed by atoms with Gasteiger partial charge in [0.2, 0.25) is 0 Å². The number of aryl methyl sites for hydroxylation is 1. The molecule has 3 heterocycles. The summed E-state index contributed by atoms with van der Waals surface area (Å²) < 4.78 is 7.50. The molecule has 0 aliphatic rings. The van der Waals surface area contributed by atoms with Gasteiger partial charge in [-0.25, -0.2) is 14.6 Å². The molecule has 7 nitrogen and oxygen atoms in total. The van der Waals surface area contributed by atoms with E-state index in [1.165, 1.54) is 0 Å². The SMILES string of the molecule is CCc1nc2cc(NC(=O)c3cc(C(C)C)nc4c3cnn4C(C)C)ccc2o1. The van der Waals surface area contributed by atoms with Gasteiger partial charge in [-0.05, 0) is 44.0 Å². The highest BCUT2D eigenvalue weighted by molar-refractivity contribution is 6.12. The Bertz CT molecular complexity index is 1200. The number of carbonyl (C=O) groups excluding carboxylic acids is 1. The van der Waals surface area contributed by atoms with Crippen LogP contribution in [-0.4, -0.2) is 25.7 Å². The topological polar surface area (TPSA) is 85.8 Å². The zero-order valence-corrected chi connectivity index (χ0v) is 17.4. The number of nitrogens with one attached hydrogen (secondary N) is 1. The number of hydrogen-bond donors (Lipinski definition) is 1. The van der Waals surface area contributed by atoms with Crippen LogP contribution < -0.4 is 5.32 Å². The average molecular weight is 391 g/mol. The minimum Gasteiger partial charge on any atom is -0.441 e. The first kappa shape index (κ1) is 19.1. The van der Waals surface area contributed by atoms with E-state index in [9.17, 15) is 4.79 Å². The maximum absolute atomic E-state index is 13.2. The first-order chi connectivity index (χ1) is 13.9. The minimum atomic E-state index is -0.193. The molecule has 0 fully saturated rings. The fourth-order valence-corrected chi connectivity index (χ4v) is 3.30. The molecule has 0 saturated carbocycles. The lowest BCUT2D eigenvalue weighted by molar-refractivity contribution is 0.102. The van der Waals surface area contributed by atoms with Crippen LogP contribution in [0.15, 0.2) is 34.9 Å². The Kier molecular flexibility index (Phi) is 4.82. The Morgan fingerprint density at radius 1 is 1.17 bits per heavy atom. The quantitative estimate of drug-likeness (QED) is 0.512. The van der Waals surface area contributed by atoms with Crippen molar-refractivity contribution in [2.24, 2.45) is 0 Å². The molecule has 0 aliphatic heterocycles. The van der Waals surface area contributed by atoms with Crippen molar-refractivity contribution < 1.29 is 9.21 Å². The number of fused-ring (bicyclic) bond motifs is 2. The third-order valence-electron chi connectivity index (χ3n) is 4.90. The van der Waals surface area contributed by atoms with Crippen molar-refractivity contribution in [2.45, 2.75) is 53.0 Å². The van der Waals surface area contributed by atoms with E-state index >= 15 is 0 Å². The van der Waals surface area contributed by atoms with E-state index in [1.54, 1.807) is 6.20 Å². The van der Waals surface area contributed by atoms with Crippen LogP contribution in [0.2, 0.25) is 0 Å². The summed E-state index contributed by atoms with van der Waals surface area (Å²) >= 11 is 0. The number of pyridine rings is 1. The molecule has 4 rings (SSSR count). The van der Waals surface area contributed by atoms with Gasteiger partial charge in [0, 0.05) is 23.8 Å². The molecule has 1 N–H and O–H groups in total. The van der Waals surface area contributed by atoms with E-state index in [1.807, 2.05) is 49.7 Å². The van der Waals surface area contributed by atoms with Crippen molar-refractivity contribution in [1.82, 2.24) is 19.7 Å². The normalized spacial score (nSPS) is 11.8. The predicted octanol–water partition coefficient (Wildman–Crippen LogP) is 5.09. The summed E-state index contributed by atoms with van der Waals surface area (Å²) in [5.41, 5.74) is 4.29. The number of hydrogen-bond acceptors (Lipinski definition) is 5. The molecule has 7 heteroatoms. The first-order valence-corrected chi connectivity index (χ1v) is 9.96. The fourth-order valence-electron chi connectivity index (χ4n) is 3.30. The summed E-state index contributed by atoms with van der Waals surface area (Å²) in [4.78, 5) is 22.4. The van der Waals surface area contributed by atoms with E-state index in [4.69, 9.17) is 9.40 Å². The van der Waals surface area contributed by atoms with E-state index in [0.717, 1.165) is 28.7 Å². The van der Waals surface area contributed by atoms with E-state index in [2.05, 4.69) is 29.2 Å². The second-order valence-electron chi connectivity index (χ2n) is 7.77. The Morgan fingerprint density at radius 2 is 1.97 bits per heavy atom. The zero-order chi connectivity index (χ0) is 20.7. The van der Waals surface area contributed by atoms with Crippen molar-refractivity contribution in [3.63, 3.8) is 0 Å². The molecular weight excluding hydrogens is 366 g/mol. The summed E-state index contributed by atoms with van der Waals surface area (Å²) in [7, 11) is 0. The molecule has 0 radical (unpaired) electrons. The monoisotopic (exact) mass is 391 g/mol. The molecule has 29 heavy (non-hydrogen) atoms. The van der Waals surface area contributed by atoms with Crippen molar-refractivity contribution in [3.05, 3.63) is 47.6 Å². The van der Waals surface area contributed by atoms with Crippen molar-refractivity contribution in [2.75, 3.05) is 5.32 Å². The maximum Gasteiger partial charge on any atom is 0.256 e. The van der Waals surface area contributed by atoms with Gasteiger partial charge in [-0.2, -0.15) is 5.10 Å².